The fraction of sp³-hybridized carbons (Fsp3) is 0.435. The van der Waals surface area contributed by atoms with Crippen LogP contribution in [0.1, 0.15) is 117 Å². The Morgan fingerprint density at radius 2 is 0.867 bits per heavy atom. The topological polar surface area (TPSA) is 98.3 Å². The summed E-state index contributed by atoms with van der Waals surface area (Å²) >= 11 is 0. The van der Waals surface area contributed by atoms with Crippen molar-refractivity contribution in [2.75, 3.05) is 78.5 Å². The van der Waals surface area contributed by atoms with Crippen LogP contribution in [0.4, 0.5) is 23.2 Å². The summed E-state index contributed by atoms with van der Waals surface area (Å²) in [4.78, 5) is 56.7. The molecule has 3 amide bonds. The van der Waals surface area contributed by atoms with Crippen LogP contribution < -0.4 is 0 Å². The number of carbonyl (C=O) groups excluding carboxylic acids is 3. The first kappa shape index (κ1) is 52.7. The number of nitrogens with zero attached hydrogens (tertiary/aromatic N) is 6. The highest BCUT2D eigenvalue weighted by molar-refractivity contribution is 5.72. The Labute approximate surface area is 484 Å². The molecule has 12 atom stereocenters. The van der Waals surface area contributed by atoms with Gasteiger partial charge in [0.1, 0.15) is 29.9 Å². The average molecular weight is 1120 g/mol. The van der Waals surface area contributed by atoms with E-state index in [4.69, 9.17) is 14.2 Å². The highest BCUT2D eigenvalue weighted by Crippen LogP contribution is 2.47. The summed E-state index contributed by atoms with van der Waals surface area (Å²) in [6, 6.07) is 43.9. The molecular weight excluding hydrogens is 1050 g/mol. The summed E-state index contributed by atoms with van der Waals surface area (Å²) in [5, 5.41) is 0. The summed E-state index contributed by atoms with van der Waals surface area (Å²) in [7, 11) is 0. The number of piperidine rings is 9. The minimum atomic E-state index is -0.562. The van der Waals surface area contributed by atoms with E-state index in [2.05, 4.69) is 75.4 Å². The molecule has 0 saturated carbocycles. The van der Waals surface area contributed by atoms with E-state index in [0.717, 1.165) is 111 Å². The Bertz CT molecular complexity index is 3430. The van der Waals surface area contributed by atoms with Gasteiger partial charge in [-0.05, 0) is 163 Å². The van der Waals surface area contributed by atoms with E-state index >= 15 is 9.18 Å². The normalized spacial score (nSPS) is 31.1. The molecule has 0 radical (unpaired) electrons. The molecule has 0 N–H and O–H groups in total. The van der Waals surface area contributed by atoms with Crippen molar-refractivity contribution in [2.45, 2.75) is 93.2 Å². The number of hydrogen-bond donors (Lipinski definition) is 0. The molecule has 428 valence electrons. The molecule has 9 saturated heterocycles. The number of ether oxygens (including phenoxy) is 3. The van der Waals surface area contributed by atoms with Crippen LogP contribution in [0.25, 0.3) is 0 Å². The molecule has 6 bridgehead atoms. The van der Waals surface area contributed by atoms with E-state index in [1.807, 2.05) is 51.1 Å². The van der Waals surface area contributed by atoms with Crippen LogP contribution in [-0.4, -0.2) is 145 Å². The van der Waals surface area contributed by atoms with Crippen molar-refractivity contribution < 1.29 is 37.4 Å². The lowest BCUT2D eigenvalue weighted by molar-refractivity contribution is -0.0579. The van der Waals surface area contributed by atoms with Gasteiger partial charge < -0.3 is 14.2 Å². The van der Waals surface area contributed by atoms with Gasteiger partial charge in [0.15, 0.2) is 0 Å². The highest BCUT2D eigenvalue weighted by Gasteiger charge is 2.49. The van der Waals surface area contributed by atoms with Crippen molar-refractivity contribution in [3.8, 4) is 0 Å². The fourth-order valence-corrected chi connectivity index (χ4v) is 16.6. The standard InChI is InChI=1S/C69H72F2N6O6/c70-52-18-15-47(16-19-52)64-54-12-5-4-7-43(54)23-32-75(64)68(79)82-62-41-73-30-26-56(62)59(38-73)48-17-20-55-50(35-48)25-34-77(66(55)51-10-6-11-53(71)36-51)69(80)83-63-42-74-31-27-57(63)60(39-74)49-14-13-44-24-33-76(65(58(44)37-49)46-8-2-1-3-9-46)67(78)81-61-40-72-28-21-45(61)22-29-72/h1-20,35-37,45,56-57,59-66H,21-34,38-42H2/t56?,57?,59?,60?,61-,62-,63-,64+,65+,66+/m1/s1. The van der Waals surface area contributed by atoms with Crippen molar-refractivity contribution in [3.63, 3.8) is 0 Å². The second-order valence-electron chi connectivity index (χ2n) is 25.2. The molecule has 12 aliphatic heterocycles. The van der Waals surface area contributed by atoms with Gasteiger partial charge >= 0.3 is 18.3 Å². The largest absolute Gasteiger partial charge is 0.444 e. The minimum Gasteiger partial charge on any atom is -0.444 e. The Kier molecular flexibility index (Phi) is 13.8. The highest BCUT2D eigenvalue weighted by atomic mass is 19.1. The summed E-state index contributed by atoms with van der Waals surface area (Å²) < 4.78 is 49.3. The molecule has 9 fully saturated rings. The number of rotatable bonds is 8. The molecule has 14 heteroatoms. The van der Waals surface area contributed by atoms with E-state index in [1.165, 1.54) is 40.5 Å². The second kappa shape index (κ2) is 21.8. The Hall–Kier alpha value is -7.13. The third-order valence-corrected chi connectivity index (χ3v) is 20.8. The van der Waals surface area contributed by atoms with Gasteiger partial charge in [-0.1, -0.05) is 115 Å². The van der Waals surface area contributed by atoms with Gasteiger partial charge in [-0.15, -0.1) is 0 Å². The summed E-state index contributed by atoms with van der Waals surface area (Å²) in [5.74, 6) is 0.156. The molecule has 0 aromatic heterocycles. The molecule has 12 nitrogen and oxygen atoms in total. The maximum atomic E-state index is 15.3. The number of amides is 3. The molecule has 0 spiro atoms. The maximum absolute atomic E-state index is 15.3. The summed E-state index contributed by atoms with van der Waals surface area (Å²) in [5.41, 5.74) is 11.7. The molecular formula is C69H72F2N6O6. The van der Waals surface area contributed by atoms with Crippen molar-refractivity contribution >= 4 is 18.3 Å². The third kappa shape index (κ3) is 9.85. The first-order chi connectivity index (χ1) is 40.6. The molecule has 12 aliphatic rings. The number of halogens is 2. The SMILES string of the molecule is O=C(O[C@@H]1CN2CCC1CC2)N1CCc2ccc(C3CN4CCC3[C@H](OC(=O)N3CCc5cc(C6CN7CCC6[C@H](OC(=O)N6CCc8ccccc8[C@@H]6c6ccc(F)cc6)C7)ccc5[C@@H]3c3cccc(F)c3)C4)cc2[C@@H]1c1ccccc1. The zero-order valence-electron chi connectivity index (χ0n) is 47.0. The molecule has 83 heavy (non-hydrogen) atoms. The van der Waals surface area contributed by atoms with Gasteiger partial charge in [-0.2, -0.15) is 0 Å². The molecule has 6 aromatic carbocycles. The Morgan fingerprint density at radius 3 is 1.49 bits per heavy atom. The van der Waals surface area contributed by atoms with Crippen LogP contribution in [0, 0.1) is 29.4 Å². The van der Waals surface area contributed by atoms with Gasteiger partial charge in [0.05, 0.1) is 18.1 Å². The van der Waals surface area contributed by atoms with Crippen molar-refractivity contribution in [2.24, 2.45) is 17.8 Å². The lowest BCUT2D eigenvalue weighted by atomic mass is 9.72. The van der Waals surface area contributed by atoms with Gasteiger partial charge in [-0.25, -0.2) is 23.2 Å². The predicted molar refractivity (Wildman–Crippen MR) is 310 cm³/mol. The minimum absolute atomic E-state index is 0.0790. The van der Waals surface area contributed by atoms with Crippen LogP contribution in [0.15, 0.2) is 140 Å². The fourth-order valence-electron chi connectivity index (χ4n) is 16.6. The van der Waals surface area contributed by atoms with E-state index in [0.29, 0.717) is 57.0 Å². The van der Waals surface area contributed by atoms with E-state index in [-0.39, 0.29) is 84.0 Å². The quantitative estimate of drug-likeness (QED) is 0.138. The predicted octanol–water partition coefficient (Wildman–Crippen LogP) is 11.3. The first-order valence-corrected chi connectivity index (χ1v) is 30.6. The van der Waals surface area contributed by atoms with Crippen molar-refractivity contribution in [1.29, 1.82) is 0 Å². The van der Waals surface area contributed by atoms with E-state index in [9.17, 15) is 14.0 Å². The monoisotopic (exact) mass is 1120 g/mol. The van der Waals surface area contributed by atoms with E-state index < -0.39 is 6.04 Å². The van der Waals surface area contributed by atoms with Crippen LogP contribution >= 0.6 is 0 Å². The zero-order chi connectivity index (χ0) is 55.9. The van der Waals surface area contributed by atoms with Crippen molar-refractivity contribution in [3.05, 3.63) is 212 Å². The molecule has 0 aliphatic carbocycles. The number of benzene rings is 6. The summed E-state index contributed by atoms with van der Waals surface area (Å²) in [6.45, 7) is 9.37. The van der Waals surface area contributed by atoms with Crippen LogP contribution in [-0.2, 0) is 33.5 Å². The zero-order valence-corrected chi connectivity index (χ0v) is 47.0. The number of carbonyl (C=O) groups is 3. The van der Waals surface area contributed by atoms with Gasteiger partial charge in [-0.3, -0.25) is 29.4 Å². The Morgan fingerprint density at radius 1 is 0.373 bits per heavy atom. The van der Waals surface area contributed by atoms with Crippen LogP contribution in [0.5, 0.6) is 0 Å². The van der Waals surface area contributed by atoms with Gasteiger partial charge in [0.2, 0.25) is 0 Å². The van der Waals surface area contributed by atoms with E-state index in [1.54, 1.807) is 24.3 Å². The smallest absolute Gasteiger partial charge is 0.410 e. The van der Waals surface area contributed by atoms with Crippen LogP contribution in [0.2, 0.25) is 0 Å². The van der Waals surface area contributed by atoms with Crippen molar-refractivity contribution in [1.82, 2.24) is 29.4 Å². The average Bonchev–Trinajstić information content (AvgIpc) is 3.69. The second-order valence-corrected chi connectivity index (χ2v) is 25.2. The van der Waals surface area contributed by atoms with Gasteiger partial charge in [0, 0.05) is 76.0 Å². The number of fused-ring (bicyclic) bond motifs is 12. The first-order valence-electron chi connectivity index (χ1n) is 30.6. The molecule has 6 unspecified atom stereocenters. The lowest BCUT2D eigenvalue weighted by Crippen LogP contribution is -2.57. The van der Waals surface area contributed by atoms with Gasteiger partial charge in [0.25, 0.3) is 0 Å². The molecule has 6 aromatic rings. The lowest BCUT2D eigenvalue weighted by Gasteiger charge is -2.50. The molecule has 12 heterocycles. The Balaban J connectivity index is 0.665. The summed E-state index contributed by atoms with van der Waals surface area (Å²) in [6.07, 6.45) is 4.29. The number of hydrogen-bond acceptors (Lipinski definition) is 9. The van der Waals surface area contributed by atoms with Crippen LogP contribution in [0.3, 0.4) is 0 Å². The maximum Gasteiger partial charge on any atom is 0.410 e. The molecule has 18 rings (SSSR count). The third-order valence-electron chi connectivity index (χ3n) is 20.8.